The van der Waals surface area contributed by atoms with Gasteiger partial charge in [0, 0.05) is 16.3 Å². The number of furan rings is 2. The van der Waals surface area contributed by atoms with Gasteiger partial charge in [-0.15, -0.1) is 0 Å². The van der Waals surface area contributed by atoms with Crippen LogP contribution in [-0.2, 0) is 0 Å². The Bertz CT molecular complexity index is 972. The van der Waals surface area contributed by atoms with Gasteiger partial charge in [0.1, 0.15) is 11.2 Å². The summed E-state index contributed by atoms with van der Waals surface area (Å²) in [5.41, 5.74) is 3.06. The number of hydrogen-bond donors (Lipinski definition) is 0. The molecule has 21 heavy (non-hydrogen) atoms. The topological polar surface area (TPSA) is 43.4 Å². The maximum Gasteiger partial charge on any atom is 0.228 e. The van der Waals surface area contributed by atoms with Gasteiger partial charge in [0.05, 0.1) is 6.26 Å². The molecule has 0 aliphatic rings. The smallest absolute Gasteiger partial charge is 0.228 e. The van der Waals surface area contributed by atoms with Gasteiger partial charge in [-0.1, -0.05) is 18.2 Å². The summed E-state index contributed by atoms with van der Waals surface area (Å²) in [6.07, 6.45) is 1.54. The molecule has 3 nitrogen and oxygen atoms in total. The fourth-order valence-corrected chi connectivity index (χ4v) is 2.60. The van der Waals surface area contributed by atoms with Crippen molar-refractivity contribution < 1.29 is 13.6 Å². The zero-order chi connectivity index (χ0) is 14.4. The molecule has 0 radical (unpaired) electrons. The highest BCUT2D eigenvalue weighted by atomic mass is 16.3. The second-order valence-electron chi connectivity index (χ2n) is 5.07. The molecule has 4 aromatic rings. The van der Waals surface area contributed by atoms with E-state index in [9.17, 15) is 4.79 Å². The van der Waals surface area contributed by atoms with E-state index in [0.29, 0.717) is 11.3 Å². The van der Waals surface area contributed by atoms with Crippen LogP contribution >= 0.6 is 0 Å². The summed E-state index contributed by atoms with van der Waals surface area (Å²) in [5, 5.41) is 1.96. The predicted octanol–water partition coefficient (Wildman–Crippen LogP) is 4.72. The number of benzene rings is 2. The van der Waals surface area contributed by atoms with Crippen LogP contribution in [0.5, 0.6) is 0 Å². The molecular formula is C18H12O3. The zero-order valence-electron chi connectivity index (χ0n) is 11.4. The van der Waals surface area contributed by atoms with Gasteiger partial charge in [-0.25, -0.2) is 0 Å². The molecule has 0 saturated carbocycles. The number of fused-ring (bicyclic) bond motifs is 3. The minimum atomic E-state index is -0.107. The van der Waals surface area contributed by atoms with E-state index in [0.717, 1.165) is 27.5 Å². The number of aryl methyl sites for hydroxylation is 1. The number of carbonyl (C=O) groups excluding carboxylic acids is 1. The molecule has 0 spiro atoms. The van der Waals surface area contributed by atoms with Crippen LogP contribution < -0.4 is 0 Å². The molecule has 3 heteroatoms. The predicted molar refractivity (Wildman–Crippen MR) is 80.6 cm³/mol. The average molecular weight is 276 g/mol. The molecule has 0 unspecified atom stereocenters. The second kappa shape index (κ2) is 4.35. The standard InChI is InChI=1S/C18H12O3/c1-11-8-9-20-18(11)17(19)12-6-7-16-14(10-12)13-4-2-3-5-15(13)21-16/h2-10H,1H3. The minimum Gasteiger partial charge on any atom is -0.461 e. The number of para-hydroxylation sites is 1. The highest BCUT2D eigenvalue weighted by Crippen LogP contribution is 2.30. The SMILES string of the molecule is Cc1ccoc1C(=O)c1ccc2oc3ccccc3c2c1. The molecule has 2 aromatic carbocycles. The number of ketones is 1. The highest BCUT2D eigenvalue weighted by molar-refractivity contribution is 6.12. The lowest BCUT2D eigenvalue weighted by Gasteiger charge is -1.99. The molecule has 0 amide bonds. The van der Waals surface area contributed by atoms with Crippen molar-refractivity contribution in [3.8, 4) is 0 Å². The Balaban J connectivity index is 1.92. The van der Waals surface area contributed by atoms with Gasteiger partial charge in [0.25, 0.3) is 0 Å². The fourth-order valence-electron chi connectivity index (χ4n) is 2.60. The van der Waals surface area contributed by atoms with Gasteiger partial charge in [-0.3, -0.25) is 4.79 Å². The molecule has 0 bridgehead atoms. The van der Waals surface area contributed by atoms with Crippen molar-refractivity contribution in [3.63, 3.8) is 0 Å². The van der Waals surface area contributed by atoms with Gasteiger partial charge in [0.2, 0.25) is 5.78 Å². The van der Waals surface area contributed by atoms with Crippen LogP contribution in [-0.4, -0.2) is 5.78 Å². The Hall–Kier alpha value is -2.81. The fraction of sp³-hybridized carbons (Fsp3) is 0.0556. The molecule has 0 aliphatic heterocycles. The van der Waals surface area contributed by atoms with Crippen LogP contribution in [0.1, 0.15) is 21.7 Å². The molecule has 2 aromatic heterocycles. The zero-order valence-corrected chi connectivity index (χ0v) is 11.4. The van der Waals surface area contributed by atoms with E-state index < -0.39 is 0 Å². The van der Waals surface area contributed by atoms with Gasteiger partial charge < -0.3 is 8.83 Å². The molecule has 2 heterocycles. The molecule has 4 rings (SSSR count). The first-order valence-electron chi connectivity index (χ1n) is 6.74. The first-order valence-corrected chi connectivity index (χ1v) is 6.74. The van der Waals surface area contributed by atoms with Crippen molar-refractivity contribution in [1.29, 1.82) is 0 Å². The molecule has 0 N–H and O–H groups in total. The maximum absolute atomic E-state index is 12.5. The Morgan fingerprint density at radius 2 is 1.76 bits per heavy atom. The summed E-state index contributed by atoms with van der Waals surface area (Å²) in [6.45, 7) is 1.86. The van der Waals surface area contributed by atoms with Crippen molar-refractivity contribution in [2.45, 2.75) is 6.92 Å². The van der Waals surface area contributed by atoms with Crippen molar-refractivity contribution in [1.82, 2.24) is 0 Å². The summed E-state index contributed by atoms with van der Waals surface area (Å²) in [4.78, 5) is 12.5. The second-order valence-corrected chi connectivity index (χ2v) is 5.07. The summed E-state index contributed by atoms with van der Waals surface area (Å²) in [7, 11) is 0. The molecule has 0 atom stereocenters. The van der Waals surface area contributed by atoms with Crippen molar-refractivity contribution in [2.75, 3.05) is 0 Å². The lowest BCUT2D eigenvalue weighted by Crippen LogP contribution is -2.01. The Morgan fingerprint density at radius 1 is 0.952 bits per heavy atom. The number of rotatable bonds is 2. The van der Waals surface area contributed by atoms with Crippen molar-refractivity contribution >= 4 is 27.7 Å². The highest BCUT2D eigenvalue weighted by Gasteiger charge is 2.17. The monoisotopic (exact) mass is 276 g/mol. The van der Waals surface area contributed by atoms with Crippen LogP contribution in [0.4, 0.5) is 0 Å². The lowest BCUT2D eigenvalue weighted by atomic mass is 10.0. The largest absolute Gasteiger partial charge is 0.461 e. The maximum atomic E-state index is 12.5. The van der Waals surface area contributed by atoms with E-state index in [2.05, 4.69) is 0 Å². The Labute approximate surface area is 120 Å². The molecule has 0 aliphatic carbocycles. The third-order valence-corrected chi connectivity index (χ3v) is 3.71. The van der Waals surface area contributed by atoms with E-state index in [1.165, 1.54) is 6.26 Å². The van der Waals surface area contributed by atoms with E-state index >= 15 is 0 Å². The summed E-state index contributed by atoms with van der Waals surface area (Å²) in [6, 6.07) is 15.1. The van der Waals surface area contributed by atoms with Crippen LogP contribution in [0, 0.1) is 6.92 Å². The van der Waals surface area contributed by atoms with Crippen molar-refractivity contribution in [2.24, 2.45) is 0 Å². The average Bonchev–Trinajstić information content (AvgIpc) is 3.09. The number of carbonyl (C=O) groups is 1. The summed E-state index contributed by atoms with van der Waals surface area (Å²) in [5.74, 6) is 0.284. The lowest BCUT2D eigenvalue weighted by molar-refractivity contribution is 0.101. The van der Waals surface area contributed by atoms with Crippen molar-refractivity contribution in [3.05, 3.63) is 71.7 Å². The molecule has 0 fully saturated rings. The third kappa shape index (κ3) is 1.78. The van der Waals surface area contributed by atoms with Gasteiger partial charge in [-0.2, -0.15) is 0 Å². The van der Waals surface area contributed by atoms with Crippen LogP contribution in [0.2, 0.25) is 0 Å². The normalized spacial score (nSPS) is 11.3. The van der Waals surface area contributed by atoms with Gasteiger partial charge >= 0.3 is 0 Å². The molecular weight excluding hydrogens is 264 g/mol. The van der Waals surface area contributed by atoms with Crippen LogP contribution in [0.15, 0.2) is 63.6 Å². The van der Waals surface area contributed by atoms with Gasteiger partial charge in [0.15, 0.2) is 5.76 Å². The Morgan fingerprint density at radius 3 is 2.57 bits per heavy atom. The summed E-state index contributed by atoms with van der Waals surface area (Å²) < 4.78 is 11.1. The van der Waals surface area contributed by atoms with Crippen LogP contribution in [0.25, 0.3) is 21.9 Å². The minimum absolute atomic E-state index is 0.107. The third-order valence-electron chi connectivity index (χ3n) is 3.71. The Kier molecular flexibility index (Phi) is 2.48. The summed E-state index contributed by atoms with van der Waals surface area (Å²) >= 11 is 0. The molecule has 102 valence electrons. The first-order chi connectivity index (χ1) is 10.2. The quantitative estimate of drug-likeness (QED) is 0.497. The molecule has 0 saturated heterocycles. The van der Waals surface area contributed by atoms with E-state index in [4.69, 9.17) is 8.83 Å². The van der Waals surface area contributed by atoms with Crippen LogP contribution in [0.3, 0.4) is 0 Å². The van der Waals surface area contributed by atoms with E-state index in [1.807, 2.05) is 43.3 Å². The van der Waals surface area contributed by atoms with E-state index in [-0.39, 0.29) is 5.78 Å². The number of hydrogen-bond acceptors (Lipinski definition) is 3. The van der Waals surface area contributed by atoms with Gasteiger partial charge in [-0.05, 0) is 42.8 Å². The van der Waals surface area contributed by atoms with E-state index in [1.54, 1.807) is 12.1 Å². The first kappa shape index (κ1) is 12.0.